The van der Waals surface area contributed by atoms with Crippen molar-refractivity contribution in [3.8, 4) is 0 Å². The topological polar surface area (TPSA) is 36.4 Å². The van der Waals surface area contributed by atoms with E-state index in [0.717, 1.165) is 30.4 Å². The number of hydrogen-bond donors (Lipinski definition) is 0. The van der Waals surface area contributed by atoms with Crippen LogP contribution in [0.5, 0.6) is 0 Å². The third-order valence-corrected chi connectivity index (χ3v) is 4.21. The first-order valence-electron chi connectivity index (χ1n) is 6.17. The molecular formula is C13H18BrN3O. The van der Waals surface area contributed by atoms with Gasteiger partial charge in [0.2, 0.25) is 5.91 Å². The molecule has 2 rings (SSSR count). The van der Waals surface area contributed by atoms with E-state index < -0.39 is 0 Å². The van der Waals surface area contributed by atoms with Crippen LogP contribution in [0.4, 0.5) is 5.69 Å². The third-order valence-electron chi connectivity index (χ3n) is 3.60. The largest absolute Gasteiger partial charge is 0.370 e. The van der Waals surface area contributed by atoms with E-state index in [4.69, 9.17) is 0 Å². The molecule has 0 saturated carbocycles. The van der Waals surface area contributed by atoms with Crippen LogP contribution in [0.15, 0.2) is 22.9 Å². The minimum atomic E-state index is 0.151. The maximum atomic E-state index is 11.3. The molecule has 0 radical (unpaired) electrons. The summed E-state index contributed by atoms with van der Waals surface area (Å²) in [5, 5.41) is 0. The second-order valence-corrected chi connectivity index (χ2v) is 5.53. The Labute approximate surface area is 116 Å². The lowest BCUT2D eigenvalue weighted by atomic mass is 10.0. The van der Waals surface area contributed by atoms with E-state index >= 15 is 0 Å². The van der Waals surface area contributed by atoms with Gasteiger partial charge in [-0.2, -0.15) is 0 Å². The number of hydrogen-bond acceptors (Lipinski definition) is 3. The van der Waals surface area contributed by atoms with Crippen molar-refractivity contribution in [2.45, 2.75) is 25.8 Å². The molecule has 1 aliphatic rings. The van der Waals surface area contributed by atoms with E-state index in [-0.39, 0.29) is 5.91 Å². The molecule has 0 aromatic carbocycles. The predicted molar refractivity (Wildman–Crippen MR) is 75.6 cm³/mol. The molecule has 1 amide bonds. The van der Waals surface area contributed by atoms with E-state index in [1.54, 1.807) is 6.92 Å². The molecule has 5 heteroatoms. The summed E-state index contributed by atoms with van der Waals surface area (Å²) >= 11 is 3.53. The van der Waals surface area contributed by atoms with Gasteiger partial charge < -0.3 is 9.80 Å². The molecule has 0 N–H and O–H groups in total. The summed E-state index contributed by atoms with van der Waals surface area (Å²) in [4.78, 5) is 19.6. The molecule has 4 nitrogen and oxygen atoms in total. The lowest BCUT2D eigenvalue weighted by Gasteiger charge is -2.37. The minimum absolute atomic E-state index is 0.151. The fourth-order valence-electron chi connectivity index (χ4n) is 2.38. The van der Waals surface area contributed by atoms with E-state index in [2.05, 4.69) is 25.8 Å². The molecule has 0 atom stereocenters. The Morgan fingerprint density at radius 1 is 1.50 bits per heavy atom. The summed E-state index contributed by atoms with van der Waals surface area (Å²) in [5.41, 5.74) is 1.19. The fraction of sp³-hybridized carbons (Fsp3) is 0.538. The number of rotatable bonds is 2. The van der Waals surface area contributed by atoms with E-state index in [9.17, 15) is 4.79 Å². The number of piperidine rings is 1. The number of aromatic nitrogens is 1. The number of pyridine rings is 1. The number of nitrogens with zero attached hydrogens (tertiary/aromatic N) is 3. The lowest BCUT2D eigenvalue weighted by molar-refractivity contribution is -0.129. The van der Waals surface area contributed by atoms with Crippen LogP contribution < -0.4 is 4.90 Å². The average Bonchev–Trinajstić information content (AvgIpc) is 2.38. The van der Waals surface area contributed by atoms with Gasteiger partial charge in [0.25, 0.3) is 0 Å². The van der Waals surface area contributed by atoms with Crippen LogP contribution in [-0.2, 0) is 4.79 Å². The Bertz CT molecular complexity index is 430. The summed E-state index contributed by atoms with van der Waals surface area (Å²) in [7, 11) is 1.89. The first kappa shape index (κ1) is 13.3. The van der Waals surface area contributed by atoms with Gasteiger partial charge in [0.1, 0.15) is 0 Å². The van der Waals surface area contributed by atoms with Crippen molar-refractivity contribution in [2.75, 3.05) is 25.0 Å². The Morgan fingerprint density at radius 3 is 2.72 bits per heavy atom. The van der Waals surface area contributed by atoms with Crippen molar-refractivity contribution in [1.82, 2.24) is 9.88 Å². The number of carbonyl (C=O) groups excluding carboxylic acids is 1. The van der Waals surface area contributed by atoms with Gasteiger partial charge in [-0.15, -0.1) is 0 Å². The SMILES string of the molecule is CC(=O)N(C)C1CCN(c2ccncc2Br)CC1. The van der Waals surface area contributed by atoms with Crippen LogP contribution >= 0.6 is 15.9 Å². The standard InChI is InChI=1S/C13H18BrN3O/c1-10(18)16(2)11-4-7-17(8-5-11)13-3-6-15-9-12(13)14/h3,6,9,11H,4-5,7-8H2,1-2H3. The van der Waals surface area contributed by atoms with Crippen molar-refractivity contribution < 1.29 is 4.79 Å². The van der Waals surface area contributed by atoms with E-state index in [1.807, 2.05) is 30.4 Å². The Hall–Kier alpha value is -1.10. The highest BCUT2D eigenvalue weighted by atomic mass is 79.9. The van der Waals surface area contributed by atoms with Gasteiger partial charge in [-0.25, -0.2) is 0 Å². The molecular weight excluding hydrogens is 294 g/mol. The highest BCUT2D eigenvalue weighted by Crippen LogP contribution is 2.28. The molecule has 1 aromatic heterocycles. The second-order valence-electron chi connectivity index (χ2n) is 4.68. The number of anilines is 1. The van der Waals surface area contributed by atoms with Gasteiger partial charge in [0, 0.05) is 45.5 Å². The molecule has 2 heterocycles. The molecule has 98 valence electrons. The first-order valence-corrected chi connectivity index (χ1v) is 6.96. The highest BCUT2D eigenvalue weighted by Gasteiger charge is 2.24. The highest BCUT2D eigenvalue weighted by molar-refractivity contribution is 9.10. The second kappa shape index (κ2) is 5.69. The van der Waals surface area contributed by atoms with Crippen LogP contribution in [0.25, 0.3) is 0 Å². The number of carbonyl (C=O) groups is 1. The number of amides is 1. The first-order chi connectivity index (χ1) is 8.59. The Kier molecular flexibility index (Phi) is 4.22. The molecule has 0 bridgehead atoms. The maximum Gasteiger partial charge on any atom is 0.219 e. The van der Waals surface area contributed by atoms with Gasteiger partial charge >= 0.3 is 0 Å². The van der Waals surface area contributed by atoms with Gasteiger partial charge in [-0.05, 0) is 34.8 Å². The van der Waals surface area contributed by atoms with Gasteiger partial charge in [-0.3, -0.25) is 9.78 Å². The number of halogens is 1. The van der Waals surface area contributed by atoms with Crippen molar-refractivity contribution in [3.05, 3.63) is 22.9 Å². The monoisotopic (exact) mass is 311 g/mol. The van der Waals surface area contributed by atoms with Crippen molar-refractivity contribution in [1.29, 1.82) is 0 Å². The third kappa shape index (κ3) is 2.83. The molecule has 0 aliphatic carbocycles. The zero-order valence-corrected chi connectivity index (χ0v) is 12.4. The predicted octanol–water partition coefficient (Wildman–Crippen LogP) is 2.29. The summed E-state index contributed by atoms with van der Waals surface area (Å²) in [6.45, 7) is 3.58. The molecule has 18 heavy (non-hydrogen) atoms. The molecule has 1 aliphatic heterocycles. The molecule has 1 saturated heterocycles. The summed E-state index contributed by atoms with van der Waals surface area (Å²) in [6, 6.07) is 2.40. The normalized spacial score (nSPS) is 16.7. The van der Waals surface area contributed by atoms with Crippen LogP contribution in [0.1, 0.15) is 19.8 Å². The van der Waals surface area contributed by atoms with Crippen LogP contribution in [0.3, 0.4) is 0 Å². The van der Waals surface area contributed by atoms with E-state index in [1.165, 1.54) is 5.69 Å². The van der Waals surface area contributed by atoms with Gasteiger partial charge in [0.05, 0.1) is 10.2 Å². The molecule has 1 aromatic rings. The zero-order chi connectivity index (χ0) is 13.1. The van der Waals surface area contributed by atoms with E-state index in [0.29, 0.717) is 6.04 Å². The smallest absolute Gasteiger partial charge is 0.219 e. The lowest BCUT2D eigenvalue weighted by Crippen LogP contribution is -2.45. The van der Waals surface area contributed by atoms with Crippen molar-refractivity contribution >= 4 is 27.5 Å². The maximum absolute atomic E-state index is 11.3. The minimum Gasteiger partial charge on any atom is -0.370 e. The Balaban J connectivity index is 1.99. The summed E-state index contributed by atoms with van der Waals surface area (Å²) < 4.78 is 1.03. The van der Waals surface area contributed by atoms with Crippen LogP contribution in [0.2, 0.25) is 0 Å². The Morgan fingerprint density at radius 2 is 2.17 bits per heavy atom. The average molecular weight is 312 g/mol. The van der Waals surface area contributed by atoms with Gasteiger partial charge in [-0.1, -0.05) is 0 Å². The van der Waals surface area contributed by atoms with Crippen LogP contribution in [0, 0.1) is 0 Å². The van der Waals surface area contributed by atoms with Crippen LogP contribution in [-0.4, -0.2) is 42.0 Å². The van der Waals surface area contributed by atoms with Crippen molar-refractivity contribution in [3.63, 3.8) is 0 Å². The fourth-order valence-corrected chi connectivity index (χ4v) is 2.88. The van der Waals surface area contributed by atoms with Crippen molar-refractivity contribution in [2.24, 2.45) is 0 Å². The zero-order valence-electron chi connectivity index (χ0n) is 10.8. The van der Waals surface area contributed by atoms with Gasteiger partial charge in [0.15, 0.2) is 0 Å². The molecule has 1 fully saturated rings. The molecule has 0 spiro atoms. The molecule has 0 unspecified atom stereocenters. The summed E-state index contributed by atoms with van der Waals surface area (Å²) in [5.74, 6) is 0.151. The summed E-state index contributed by atoms with van der Waals surface area (Å²) in [6.07, 6.45) is 5.67. The quantitative estimate of drug-likeness (QED) is 0.841.